The Hall–Kier alpha value is -2.82. The molecule has 3 heterocycles. The summed E-state index contributed by atoms with van der Waals surface area (Å²) in [6, 6.07) is 3.63. The predicted molar refractivity (Wildman–Crippen MR) is 82.7 cm³/mol. The van der Waals surface area contributed by atoms with Gasteiger partial charge >= 0.3 is 5.97 Å². The second-order valence-electron chi connectivity index (χ2n) is 5.18. The molecular formula is C17H16N2O3. The van der Waals surface area contributed by atoms with E-state index in [9.17, 15) is 9.90 Å². The Morgan fingerprint density at radius 3 is 2.82 bits per heavy atom. The summed E-state index contributed by atoms with van der Waals surface area (Å²) in [5.74, 6) is -0.0737. The monoisotopic (exact) mass is 296 g/mol. The minimum Gasteiger partial charge on any atom is -0.478 e. The molecule has 0 radical (unpaired) electrons. The molecule has 1 aliphatic heterocycles. The number of aryl methyl sites for hydroxylation is 1. The van der Waals surface area contributed by atoms with Crippen LogP contribution in [0.5, 0.6) is 0 Å². The van der Waals surface area contributed by atoms with Gasteiger partial charge in [-0.2, -0.15) is 0 Å². The molecule has 5 nitrogen and oxygen atoms in total. The normalized spacial score (nSPS) is 14.5. The van der Waals surface area contributed by atoms with Crippen molar-refractivity contribution in [2.24, 2.45) is 0 Å². The van der Waals surface area contributed by atoms with Crippen molar-refractivity contribution in [1.29, 1.82) is 0 Å². The average molecular weight is 296 g/mol. The molecule has 0 fully saturated rings. The molecule has 0 bridgehead atoms. The van der Waals surface area contributed by atoms with Crippen molar-refractivity contribution in [1.82, 2.24) is 10.3 Å². The first kappa shape index (κ1) is 14.1. The Labute approximate surface area is 128 Å². The average Bonchev–Trinajstić information content (AvgIpc) is 2.87. The van der Waals surface area contributed by atoms with Gasteiger partial charge in [-0.3, -0.25) is 4.98 Å². The standard InChI is InChI=1S/C17H16N2O3/c1-10-11(2)22-9-14(10)15-6-5-13(17(20)21)16(19-15)12-4-3-7-18-8-12/h3-4,6-9,19H,5H2,1-2H3,(H,20,21). The minimum atomic E-state index is -0.929. The topological polar surface area (TPSA) is 75.4 Å². The molecule has 0 aliphatic carbocycles. The summed E-state index contributed by atoms with van der Waals surface area (Å²) in [5, 5.41) is 12.7. The number of rotatable bonds is 3. The number of carboxylic acid groups (broad SMARTS) is 1. The van der Waals surface area contributed by atoms with E-state index in [1.165, 1.54) is 0 Å². The fraction of sp³-hybridized carbons (Fsp3) is 0.176. The molecule has 0 aromatic carbocycles. The molecule has 1 aliphatic rings. The lowest BCUT2D eigenvalue weighted by atomic mass is 9.98. The van der Waals surface area contributed by atoms with Crippen LogP contribution in [-0.2, 0) is 4.79 Å². The zero-order valence-electron chi connectivity index (χ0n) is 12.4. The highest BCUT2D eigenvalue weighted by Gasteiger charge is 2.22. The lowest BCUT2D eigenvalue weighted by Gasteiger charge is -2.21. The van der Waals surface area contributed by atoms with Crippen LogP contribution >= 0.6 is 0 Å². The first-order valence-corrected chi connectivity index (χ1v) is 6.97. The number of aromatic nitrogens is 1. The summed E-state index contributed by atoms with van der Waals surface area (Å²) < 4.78 is 5.44. The highest BCUT2D eigenvalue weighted by molar-refractivity contribution is 5.99. The van der Waals surface area contributed by atoms with Crippen molar-refractivity contribution in [3.05, 3.63) is 64.9 Å². The van der Waals surface area contributed by atoms with Crippen LogP contribution in [0.2, 0.25) is 0 Å². The minimum absolute atomic E-state index is 0.328. The Kier molecular flexibility index (Phi) is 3.55. The van der Waals surface area contributed by atoms with Gasteiger partial charge in [0, 0.05) is 35.6 Å². The smallest absolute Gasteiger partial charge is 0.334 e. The number of carboxylic acids is 1. The lowest BCUT2D eigenvalue weighted by molar-refractivity contribution is -0.132. The SMILES string of the molecule is Cc1occ(C2=CCC(C(=O)O)=C(c3cccnc3)N2)c1C. The summed E-state index contributed by atoms with van der Waals surface area (Å²) in [4.78, 5) is 15.6. The van der Waals surface area contributed by atoms with E-state index in [0.717, 1.165) is 28.1 Å². The molecule has 2 aromatic heterocycles. The first-order chi connectivity index (χ1) is 10.6. The van der Waals surface area contributed by atoms with Gasteiger partial charge in [-0.05, 0) is 31.5 Å². The van der Waals surface area contributed by atoms with Crippen molar-refractivity contribution in [2.75, 3.05) is 0 Å². The van der Waals surface area contributed by atoms with Crippen LogP contribution in [0.3, 0.4) is 0 Å². The Balaban J connectivity index is 2.02. The third-order valence-electron chi connectivity index (χ3n) is 3.86. The third-order valence-corrected chi connectivity index (χ3v) is 3.86. The summed E-state index contributed by atoms with van der Waals surface area (Å²) in [6.07, 6.45) is 7.23. The van der Waals surface area contributed by atoms with Crippen molar-refractivity contribution in [3.63, 3.8) is 0 Å². The van der Waals surface area contributed by atoms with Gasteiger partial charge in [-0.1, -0.05) is 6.08 Å². The van der Waals surface area contributed by atoms with E-state index in [4.69, 9.17) is 4.42 Å². The number of dihydropyridines is 1. The zero-order chi connectivity index (χ0) is 15.7. The van der Waals surface area contributed by atoms with Gasteiger partial charge in [0.25, 0.3) is 0 Å². The fourth-order valence-electron chi connectivity index (χ4n) is 2.48. The fourth-order valence-corrected chi connectivity index (χ4v) is 2.48. The van der Waals surface area contributed by atoms with E-state index in [-0.39, 0.29) is 0 Å². The van der Waals surface area contributed by atoms with Crippen molar-refractivity contribution in [2.45, 2.75) is 20.3 Å². The van der Waals surface area contributed by atoms with E-state index in [2.05, 4.69) is 10.3 Å². The molecule has 0 unspecified atom stereocenters. The molecule has 0 spiro atoms. The van der Waals surface area contributed by atoms with Crippen LogP contribution in [0.25, 0.3) is 11.4 Å². The molecule has 2 N–H and O–H groups in total. The van der Waals surface area contributed by atoms with Gasteiger partial charge in [0.05, 0.1) is 11.3 Å². The molecule has 0 amide bonds. The number of allylic oxidation sites excluding steroid dienone is 1. The third kappa shape index (κ3) is 2.41. The summed E-state index contributed by atoms with van der Waals surface area (Å²) >= 11 is 0. The second-order valence-corrected chi connectivity index (χ2v) is 5.18. The van der Waals surface area contributed by atoms with E-state index in [1.54, 1.807) is 24.7 Å². The maximum Gasteiger partial charge on any atom is 0.334 e. The van der Waals surface area contributed by atoms with Crippen LogP contribution < -0.4 is 5.32 Å². The summed E-state index contributed by atoms with van der Waals surface area (Å²) in [6.45, 7) is 3.89. The van der Waals surface area contributed by atoms with Crippen LogP contribution in [0.4, 0.5) is 0 Å². The second kappa shape index (κ2) is 5.52. The van der Waals surface area contributed by atoms with Crippen molar-refractivity contribution in [3.8, 4) is 0 Å². The van der Waals surface area contributed by atoms with Crippen LogP contribution in [0.1, 0.15) is 28.9 Å². The largest absolute Gasteiger partial charge is 0.478 e. The number of aliphatic carboxylic acids is 1. The molecule has 112 valence electrons. The number of nitrogens with zero attached hydrogens (tertiary/aromatic N) is 1. The van der Waals surface area contributed by atoms with Gasteiger partial charge in [0.2, 0.25) is 0 Å². The molecule has 0 atom stereocenters. The number of pyridine rings is 1. The van der Waals surface area contributed by atoms with Crippen LogP contribution in [0, 0.1) is 13.8 Å². The van der Waals surface area contributed by atoms with Gasteiger partial charge in [-0.25, -0.2) is 4.79 Å². The van der Waals surface area contributed by atoms with E-state index in [1.807, 2.05) is 26.0 Å². The number of hydrogen-bond donors (Lipinski definition) is 2. The zero-order valence-corrected chi connectivity index (χ0v) is 12.4. The summed E-state index contributed by atoms with van der Waals surface area (Å²) in [5.41, 5.74) is 4.51. The molecule has 0 saturated heterocycles. The number of carbonyl (C=O) groups is 1. The molecule has 2 aromatic rings. The van der Waals surface area contributed by atoms with E-state index >= 15 is 0 Å². The van der Waals surface area contributed by atoms with Gasteiger partial charge in [0.1, 0.15) is 12.0 Å². The highest BCUT2D eigenvalue weighted by atomic mass is 16.4. The predicted octanol–water partition coefficient (Wildman–Crippen LogP) is 3.12. The maximum atomic E-state index is 11.5. The van der Waals surface area contributed by atoms with Crippen LogP contribution in [0.15, 0.2) is 46.9 Å². The number of furan rings is 1. The Morgan fingerprint density at radius 2 is 2.23 bits per heavy atom. The van der Waals surface area contributed by atoms with E-state index < -0.39 is 5.97 Å². The maximum absolute atomic E-state index is 11.5. The molecule has 0 saturated carbocycles. The Bertz CT molecular complexity index is 785. The van der Waals surface area contributed by atoms with Crippen molar-refractivity contribution >= 4 is 17.4 Å². The molecule has 5 heteroatoms. The Morgan fingerprint density at radius 1 is 1.41 bits per heavy atom. The molecule has 22 heavy (non-hydrogen) atoms. The number of nitrogens with one attached hydrogen (secondary N) is 1. The van der Waals surface area contributed by atoms with E-state index in [0.29, 0.717) is 17.7 Å². The molecular weight excluding hydrogens is 280 g/mol. The lowest BCUT2D eigenvalue weighted by Crippen LogP contribution is -2.20. The summed E-state index contributed by atoms with van der Waals surface area (Å²) in [7, 11) is 0. The van der Waals surface area contributed by atoms with Gasteiger partial charge in [0.15, 0.2) is 0 Å². The first-order valence-electron chi connectivity index (χ1n) is 6.97. The molecule has 3 rings (SSSR count). The van der Waals surface area contributed by atoms with Gasteiger partial charge < -0.3 is 14.8 Å². The quantitative estimate of drug-likeness (QED) is 0.910. The van der Waals surface area contributed by atoms with Crippen LogP contribution in [-0.4, -0.2) is 16.1 Å². The van der Waals surface area contributed by atoms with Crippen molar-refractivity contribution < 1.29 is 14.3 Å². The highest BCUT2D eigenvalue weighted by Crippen LogP contribution is 2.30. The van der Waals surface area contributed by atoms with Gasteiger partial charge in [-0.15, -0.1) is 0 Å². The number of hydrogen-bond acceptors (Lipinski definition) is 4.